The Balaban J connectivity index is 1.43. The highest BCUT2D eigenvalue weighted by Gasteiger charge is 2.21. The van der Waals surface area contributed by atoms with Gasteiger partial charge in [0, 0.05) is 24.2 Å². The Bertz CT molecular complexity index is 1080. The first-order chi connectivity index (χ1) is 13.9. The van der Waals surface area contributed by atoms with Gasteiger partial charge in [-0.25, -0.2) is 9.37 Å². The third kappa shape index (κ3) is 3.88. The highest BCUT2D eigenvalue weighted by atomic mass is 19.1. The quantitative estimate of drug-likeness (QED) is 0.618. The molecule has 0 fully saturated rings. The van der Waals surface area contributed by atoms with Crippen LogP contribution in [0.1, 0.15) is 32.6 Å². The first-order valence-corrected chi connectivity index (χ1v) is 9.83. The number of halogens is 1. The van der Waals surface area contributed by atoms with Crippen LogP contribution >= 0.6 is 0 Å². The summed E-state index contributed by atoms with van der Waals surface area (Å²) in [7, 11) is 0. The highest BCUT2D eigenvalue weighted by Crippen LogP contribution is 2.22. The van der Waals surface area contributed by atoms with Crippen molar-refractivity contribution in [2.75, 3.05) is 13.1 Å². The van der Waals surface area contributed by atoms with E-state index >= 15 is 0 Å². The summed E-state index contributed by atoms with van der Waals surface area (Å²) >= 11 is 0. The average molecular weight is 396 g/mol. The summed E-state index contributed by atoms with van der Waals surface area (Å²) in [6.45, 7) is 5.66. The number of rotatable bonds is 5. The molecule has 0 bridgehead atoms. The molecule has 1 aromatic heterocycles. The van der Waals surface area contributed by atoms with Gasteiger partial charge in [-0.2, -0.15) is 0 Å². The number of hydrogen-bond donors (Lipinski definition) is 3. The van der Waals surface area contributed by atoms with Gasteiger partial charge in [-0.15, -0.1) is 0 Å². The summed E-state index contributed by atoms with van der Waals surface area (Å²) in [6.07, 6.45) is 1.55. The van der Waals surface area contributed by atoms with Crippen LogP contribution in [0.2, 0.25) is 0 Å². The Labute approximate surface area is 168 Å². The number of aliphatic hydroxyl groups excluding tert-OH is 1. The van der Waals surface area contributed by atoms with Gasteiger partial charge in [-0.05, 0) is 67.8 Å². The van der Waals surface area contributed by atoms with Crippen molar-refractivity contribution < 1.29 is 14.3 Å². The minimum absolute atomic E-state index is 0.105. The largest absolute Gasteiger partial charge is 0.389 e. The molecule has 6 nitrogen and oxygen atoms in total. The van der Waals surface area contributed by atoms with E-state index in [4.69, 9.17) is 0 Å². The predicted octanol–water partition coefficient (Wildman–Crippen LogP) is 2.23. The molecule has 3 aromatic rings. The molecule has 1 aliphatic rings. The smallest absolute Gasteiger partial charge is 0.251 e. The van der Waals surface area contributed by atoms with Crippen molar-refractivity contribution in [3.63, 3.8) is 0 Å². The molecule has 1 unspecified atom stereocenters. The molecule has 1 atom stereocenters. The lowest BCUT2D eigenvalue weighted by molar-refractivity contribution is 0.0903. The molecule has 0 saturated carbocycles. The van der Waals surface area contributed by atoms with Gasteiger partial charge < -0.3 is 20.3 Å². The van der Waals surface area contributed by atoms with Gasteiger partial charge in [0.1, 0.15) is 5.82 Å². The van der Waals surface area contributed by atoms with Crippen LogP contribution < -0.4 is 10.6 Å². The number of aromatic nitrogens is 2. The Hall–Kier alpha value is -2.77. The Morgan fingerprint density at radius 1 is 1.31 bits per heavy atom. The zero-order valence-electron chi connectivity index (χ0n) is 16.6. The van der Waals surface area contributed by atoms with Crippen molar-refractivity contribution in [2.45, 2.75) is 39.5 Å². The molecular formula is C22H25FN4O2. The molecule has 0 radical (unpaired) electrons. The predicted molar refractivity (Wildman–Crippen MR) is 109 cm³/mol. The number of benzene rings is 2. The molecule has 7 heteroatoms. The minimum atomic E-state index is -0.768. The van der Waals surface area contributed by atoms with Gasteiger partial charge in [0.25, 0.3) is 5.91 Å². The van der Waals surface area contributed by atoms with E-state index in [0.29, 0.717) is 37.2 Å². The minimum Gasteiger partial charge on any atom is -0.389 e. The Kier molecular flexibility index (Phi) is 5.34. The SMILES string of the molecule is Cc1cc2ncn(CC(O)CNC(=O)c3ccc(F)c4c3CCNC4)c2cc1C. The van der Waals surface area contributed by atoms with E-state index in [9.17, 15) is 14.3 Å². The van der Waals surface area contributed by atoms with Crippen LogP contribution in [-0.2, 0) is 19.5 Å². The van der Waals surface area contributed by atoms with Gasteiger partial charge in [0.15, 0.2) is 0 Å². The van der Waals surface area contributed by atoms with Crippen molar-refractivity contribution in [2.24, 2.45) is 0 Å². The van der Waals surface area contributed by atoms with E-state index < -0.39 is 6.10 Å². The fourth-order valence-electron chi connectivity index (χ4n) is 3.84. The van der Waals surface area contributed by atoms with Crippen molar-refractivity contribution in [3.05, 3.63) is 64.2 Å². The third-order valence-corrected chi connectivity index (χ3v) is 5.61. The van der Waals surface area contributed by atoms with Crippen LogP contribution in [0.4, 0.5) is 4.39 Å². The Morgan fingerprint density at radius 2 is 2.10 bits per heavy atom. The first-order valence-electron chi connectivity index (χ1n) is 9.83. The molecule has 2 aromatic carbocycles. The van der Waals surface area contributed by atoms with Crippen LogP contribution in [0.25, 0.3) is 11.0 Å². The zero-order valence-corrected chi connectivity index (χ0v) is 16.6. The molecule has 0 aliphatic carbocycles. The highest BCUT2D eigenvalue weighted by molar-refractivity contribution is 5.96. The normalized spacial score (nSPS) is 14.6. The van der Waals surface area contributed by atoms with Gasteiger partial charge in [-0.1, -0.05) is 0 Å². The van der Waals surface area contributed by atoms with Crippen LogP contribution in [0.5, 0.6) is 0 Å². The lowest BCUT2D eigenvalue weighted by atomic mass is 9.94. The fourth-order valence-corrected chi connectivity index (χ4v) is 3.84. The number of aryl methyl sites for hydroxylation is 2. The number of fused-ring (bicyclic) bond motifs is 2. The van der Waals surface area contributed by atoms with Crippen LogP contribution in [-0.4, -0.2) is 39.8 Å². The third-order valence-electron chi connectivity index (χ3n) is 5.61. The number of imidazole rings is 1. The van der Waals surface area contributed by atoms with E-state index in [-0.39, 0.29) is 18.3 Å². The van der Waals surface area contributed by atoms with E-state index in [0.717, 1.165) is 22.2 Å². The van der Waals surface area contributed by atoms with Crippen molar-refractivity contribution in [1.29, 1.82) is 0 Å². The standard InChI is InChI=1S/C22H25FN4O2/c1-13-7-20-21(8-14(13)2)27(12-26-20)11-15(28)9-25-22(29)17-3-4-19(23)18-10-24-6-5-16(17)18/h3-4,7-8,12,15,24,28H,5-6,9-11H2,1-2H3,(H,25,29). The summed E-state index contributed by atoms with van der Waals surface area (Å²) in [5, 5.41) is 16.4. The summed E-state index contributed by atoms with van der Waals surface area (Å²) < 4.78 is 15.9. The summed E-state index contributed by atoms with van der Waals surface area (Å²) in [5.41, 5.74) is 5.97. The van der Waals surface area contributed by atoms with Crippen molar-refractivity contribution in [1.82, 2.24) is 20.2 Å². The summed E-state index contributed by atoms with van der Waals surface area (Å²) in [6, 6.07) is 6.94. The first kappa shape index (κ1) is 19.5. The van der Waals surface area contributed by atoms with E-state index in [2.05, 4.69) is 21.7 Å². The molecule has 152 valence electrons. The van der Waals surface area contributed by atoms with Gasteiger partial charge in [-0.3, -0.25) is 4.79 Å². The van der Waals surface area contributed by atoms with Gasteiger partial charge >= 0.3 is 0 Å². The number of carbonyl (C=O) groups excluding carboxylic acids is 1. The van der Waals surface area contributed by atoms with E-state index in [1.165, 1.54) is 17.7 Å². The maximum atomic E-state index is 14.0. The lowest BCUT2D eigenvalue weighted by Gasteiger charge is -2.21. The molecule has 1 amide bonds. The van der Waals surface area contributed by atoms with Crippen LogP contribution in [0, 0.1) is 19.7 Å². The summed E-state index contributed by atoms with van der Waals surface area (Å²) in [5.74, 6) is -0.578. The van der Waals surface area contributed by atoms with Crippen LogP contribution in [0.3, 0.4) is 0 Å². The van der Waals surface area contributed by atoms with Crippen molar-refractivity contribution >= 4 is 16.9 Å². The monoisotopic (exact) mass is 396 g/mol. The average Bonchev–Trinajstić information content (AvgIpc) is 3.08. The molecule has 0 saturated heterocycles. The number of nitrogens with zero attached hydrogens (tertiary/aromatic N) is 2. The Morgan fingerprint density at radius 3 is 2.93 bits per heavy atom. The maximum absolute atomic E-state index is 14.0. The fraction of sp³-hybridized carbons (Fsp3) is 0.364. The second-order valence-corrected chi connectivity index (χ2v) is 7.66. The number of nitrogens with one attached hydrogen (secondary N) is 2. The topological polar surface area (TPSA) is 79.2 Å². The molecule has 29 heavy (non-hydrogen) atoms. The van der Waals surface area contributed by atoms with Crippen LogP contribution in [0.15, 0.2) is 30.6 Å². The number of aliphatic hydroxyl groups is 1. The second kappa shape index (κ2) is 7.93. The molecule has 0 spiro atoms. The van der Waals surface area contributed by atoms with Crippen molar-refractivity contribution in [3.8, 4) is 0 Å². The van der Waals surface area contributed by atoms with E-state index in [1.54, 1.807) is 6.33 Å². The van der Waals surface area contributed by atoms with Gasteiger partial charge in [0.05, 0.1) is 30.0 Å². The molecule has 1 aliphatic heterocycles. The number of amides is 1. The second-order valence-electron chi connectivity index (χ2n) is 7.66. The summed E-state index contributed by atoms with van der Waals surface area (Å²) in [4.78, 5) is 17.0. The molecular weight excluding hydrogens is 371 g/mol. The number of hydrogen-bond acceptors (Lipinski definition) is 4. The lowest BCUT2D eigenvalue weighted by Crippen LogP contribution is -2.36. The van der Waals surface area contributed by atoms with E-state index in [1.807, 2.05) is 24.5 Å². The molecule has 3 N–H and O–H groups in total. The molecule has 4 rings (SSSR count). The maximum Gasteiger partial charge on any atom is 0.251 e. The zero-order chi connectivity index (χ0) is 20.5. The van der Waals surface area contributed by atoms with Gasteiger partial charge in [0.2, 0.25) is 0 Å². The molecule has 2 heterocycles. The number of carbonyl (C=O) groups is 1.